The van der Waals surface area contributed by atoms with Gasteiger partial charge in [0, 0.05) is 27.2 Å². The van der Waals surface area contributed by atoms with Crippen LogP contribution in [-0.2, 0) is 6.54 Å². The largest absolute Gasteiger partial charge is 0.396 e. The van der Waals surface area contributed by atoms with Crippen molar-refractivity contribution < 1.29 is 5.11 Å². The third-order valence-electron chi connectivity index (χ3n) is 4.44. The Labute approximate surface area is 135 Å². The molecule has 0 atom stereocenters. The van der Waals surface area contributed by atoms with E-state index >= 15 is 0 Å². The number of aliphatic imine (C=N–C) groups is 1. The van der Waals surface area contributed by atoms with Crippen molar-refractivity contribution >= 4 is 5.96 Å². The van der Waals surface area contributed by atoms with E-state index in [1.807, 2.05) is 37.2 Å². The van der Waals surface area contributed by atoms with Crippen molar-refractivity contribution in [2.75, 3.05) is 27.2 Å². The first kappa shape index (κ1) is 18.5. The predicted molar refractivity (Wildman–Crippen MR) is 94.0 cm³/mol. The topological polar surface area (TPSA) is 47.9 Å². The average molecular weight is 305 g/mol. The molecule has 0 radical (unpaired) electrons. The first-order valence-corrected chi connectivity index (χ1v) is 8.17. The molecule has 4 nitrogen and oxygen atoms in total. The molecular weight excluding hydrogens is 274 g/mol. The minimum absolute atomic E-state index is 0.137. The number of benzene rings is 1. The summed E-state index contributed by atoms with van der Waals surface area (Å²) in [6, 6.07) is 10.3. The minimum Gasteiger partial charge on any atom is -0.396 e. The lowest BCUT2D eigenvalue weighted by Crippen LogP contribution is -2.43. The Morgan fingerprint density at radius 2 is 1.82 bits per heavy atom. The zero-order valence-electron chi connectivity index (χ0n) is 14.5. The Bertz CT molecular complexity index is 439. The van der Waals surface area contributed by atoms with Crippen molar-refractivity contribution in [1.29, 1.82) is 0 Å². The fourth-order valence-electron chi connectivity index (χ4n) is 2.55. The van der Waals surface area contributed by atoms with Gasteiger partial charge in [-0.3, -0.25) is 0 Å². The molecule has 22 heavy (non-hydrogen) atoms. The molecule has 0 aliphatic carbocycles. The van der Waals surface area contributed by atoms with Crippen LogP contribution in [0.3, 0.4) is 0 Å². The summed E-state index contributed by atoms with van der Waals surface area (Å²) in [7, 11) is 4.00. The second-order valence-electron chi connectivity index (χ2n) is 6.05. The van der Waals surface area contributed by atoms with Gasteiger partial charge in [-0.2, -0.15) is 0 Å². The molecule has 1 aromatic rings. The van der Waals surface area contributed by atoms with Gasteiger partial charge >= 0.3 is 0 Å². The Kier molecular flexibility index (Phi) is 7.96. The summed E-state index contributed by atoms with van der Waals surface area (Å²) >= 11 is 0. The van der Waals surface area contributed by atoms with Crippen LogP contribution in [0.2, 0.25) is 0 Å². The molecule has 2 N–H and O–H groups in total. The van der Waals surface area contributed by atoms with Gasteiger partial charge in [-0.1, -0.05) is 44.2 Å². The fraction of sp³-hybridized carbons (Fsp3) is 0.611. The van der Waals surface area contributed by atoms with E-state index < -0.39 is 0 Å². The maximum Gasteiger partial charge on any atom is 0.193 e. The zero-order chi connectivity index (χ0) is 16.4. The predicted octanol–water partition coefficient (Wildman–Crippen LogP) is 2.88. The number of hydrogen-bond donors (Lipinski definition) is 2. The second kappa shape index (κ2) is 9.46. The van der Waals surface area contributed by atoms with Gasteiger partial charge in [-0.15, -0.1) is 0 Å². The van der Waals surface area contributed by atoms with Crippen LogP contribution in [0.15, 0.2) is 35.3 Å². The number of aliphatic hydroxyl groups excluding tert-OH is 1. The normalized spacial score (nSPS) is 12.3. The van der Waals surface area contributed by atoms with Gasteiger partial charge in [0.15, 0.2) is 5.96 Å². The summed E-state index contributed by atoms with van der Waals surface area (Å²) < 4.78 is 0. The van der Waals surface area contributed by atoms with Gasteiger partial charge < -0.3 is 15.3 Å². The summed E-state index contributed by atoms with van der Waals surface area (Å²) in [5.74, 6) is 0.896. The first-order chi connectivity index (χ1) is 10.6. The maximum absolute atomic E-state index is 9.32. The van der Waals surface area contributed by atoms with Crippen molar-refractivity contribution in [3.05, 3.63) is 35.9 Å². The van der Waals surface area contributed by atoms with Gasteiger partial charge in [0.1, 0.15) is 0 Å². The van der Waals surface area contributed by atoms with E-state index in [0.29, 0.717) is 6.54 Å². The minimum atomic E-state index is 0.137. The number of nitrogens with zero attached hydrogens (tertiary/aromatic N) is 2. The Balaban J connectivity index is 2.71. The van der Waals surface area contributed by atoms with E-state index in [4.69, 9.17) is 4.99 Å². The van der Waals surface area contributed by atoms with Gasteiger partial charge in [0.05, 0.1) is 6.54 Å². The zero-order valence-corrected chi connectivity index (χ0v) is 14.5. The third-order valence-corrected chi connectivity index (χ3v) is 4.44. The molecule has 0 aliphatic heterocycles. The summed E-state index contributed by atoms with van der Waals surface area (Å²) in [4.78, 5) is 6.71. The molecule has 0 aliphatic rings. The molecule has 1 aromatic carbocycles. The monoisotopic (exact) mass is 305 g/mol. The molecule has 0 saturated heterocycles. The SMILES string of the molecule is CCC(CC)(CCO)CNC(=NCc1ccccc1)N(C)C. The molecule has 0 saturated carbocycles. The van der Waals surface area contributed by atoms with Crippen LogP contribution in [0.1, 0.15) is 38.7 Å². The van der Waals surface area contributed by atoms with Crippen LogP contribution in [0.25, 0.3) is 0 Å². The first-order valence-electron chi connectivity index (χ1n) is 8.17. The lowest BCUT2D eigenvalue weighted by molar-refractivity contribution is 0.169. The molecular formula is C18H31N3O. The van der Waals surface area contributed by atoms with E-state index in [1.54, 1.807) is 0 Å². The smallest absolute Gasteiger partial charge is 0.193 e. The highest BCUT2D eigenvalue weighted by Gasteiger charge is 2.25. The molecule has 0 fully saturated rings. The summed E-state index contributed by atoms with van der Waals surface area (Å²) in [6.07, 6.45) is 2.93. The average Bonchev–Trinajstić information content (AvgIpc) is 2.54. The molecule has 0 bridgehead atoms. The van der Waals surface area contributed by atoms with Gasteiger partial charge in [-0.25, -0.2) is 4.99 Å². The number of hydrogen-bond acceptors (Lipinski definition) is 2. The van der Waals surface area contributed by atoms with Crippen LogP contribution >= 0.6 is 0 Å². The molecule has 0 amide bonds. The summed E-state index contributed by atoms with van der Waals surface area (Å²) in [5, 5.41) is 12.8. The maximum atomic E-state index is 9.32. The highest BCUT2D eigenvalue weighted by molar-refractivity contribution is 5.79. The van der Waals surface area contributed by atoms with Crippen LogP contribution in [-0.4, -0.2) is 43.2 Å². The number of aliphatic hydroxyl groups is 1. The molecule has 0 unspecified atom stereocenters. The molecule has 0 heterocycles. The Morgan fingerprint density at radius 3 is 2.32 bits per heavy atom. The Morgan fingerprint density at radius 1 is 1.18 bits per heavy atom. The molecule has 4 heteroatoms. The standard InChI is InChI=1S/C18H31N3O/c1-5-18(6-2,12-13-22)15-20-17(21(3)4)19-14-16-10-8-7-9-11-16/h7-11,22H,5-6,12-15H2,1-4H3,(H,19,20). The lowest BCUT2D eigenvalue weighted by atomic mass is 9.79. The van der Waals surface area contributed by atoms with Crippen LogP contribution < -0.4 is 5.32 Å². The highest BCUT2D eigenvalue weighted by Crippen LogP contribution is 2.29. The van der Waals surface area contributed by atoms with Gasteiger partial charge in [-0.05, 0) is 30.2 Å². The van der Waals surface area contributed by atoms with Gasteiger partial charge in [0.2, 0.25) is 0 Å². The number of rotatable bonds is 8. The summed E-state index contributed by atoms with van der Waals surface area (Å²) in [6.45, 7) is 6.13. The van der Waals surface area contributed by atoms with Crippen molar-refractivity contribution in [1.82, 2.24) is 10.2 Å². The van der Waals surface area contributed by atoms with Crippen molar-refractivity contribution in [2.24, 2.45) is 10.4 Å². The molecule has 1 rings (SSSR count). The number of guanidine groups is 1. The van der Waals surface area contributed by atoms with Crippen molar-refractivity contribution in [3.63, 3.8) is 0 Å². The Hall–Kier alpha value is -1.55. The van der Waals surface area contributed by atoms with Crippen LogP contribution in [0, 0.1) is 5.41 Å². The van der Waals surface area contributed by atoms with Crippen molar-refractivity contribution in [3.8, 4) is 0 Å². The van der Waals surface area contributed by atoms with E-state index in [-0.39, 0.29) is 12.0 Å². The lowest BCUT2D eigenvalue weighted by Gasteiger charge is -2.33. The van der Waals surface area contributed by atoms with E-state index in [1.165, 1.54) is 5.56 Å². The van der Waals surface area contributed by atoms with E-state index in [9.17, 15) is 5.11 Å². The molecule has 0 aromatic heterocycles. The van der Waals surface area contributed by atoms with E-state index in [2.05, 4.69) is 31.3 Å². The fourth-order valence-corrected chi connectivity index (χ4v) is 2.55. The molecule has 0 spiro atoms. The molecule has 124 valence electrons. The second-order valence-corrected chi connectivity index (χ2v) is 6.05. The third kappa shape index (κ3) is 5.68. The number of nitrogens with one attached hydrogen (secondary N) is 1. The van der Waals surface area contributed by atoms with Gasteiger partial charge in [0.25, 0.3) is 0 Å². The highest BCUT2D eigenvalue weighted by atomic mass is 16.3. The van der Waals surface area contributed by atoms with Crippen LogP contribution in [0.5, 0.6) is 0 Å². The van der Waals surface area contributed by atoms with E-state index in [0.717, 1.165) is 31.8 Å². The quantitative estimate of drug-likeness (QED) is 0.573. The van der Waals surface area contributed by atoms with Crippen LogP contribution in [0.4, 0.5) is 0 Å². The van der Waals surface area contributed by atoms with Crippen molar-refractivity contribution in [2.45, 2.75) is 39.7 Å². The summed E-state index contributed by atoms with van der Waals surface area (Å²) in [5.41, 5.74) is 1.34.